The first kappa shape index (κ1) is 25.7. The number of aliphatic hydroxyl groups is 1. The Bertz CT molecular complexity index is 622. The summed E-state index contributed by atoms with van der Waals surface area (Å²) in [5, 5.41) is 14.3. The average molecular weight is 452 g/mol. The smallest absolute Gasteiger partial charge is 0.378 e. The number of nitrogens with one attached hydrogen (secondary N) is 1. The van der Waals surface area contributed by atoms with E-state index in [2.05, 4.69) is 5.32 Å². The number of rotatable bonds is 10. The second-order valence-electron chi connectivity index (χ2n) is 8.95. The van der Waals surface area contributed by atoms with Gasteiger partial charge in [0.1, 0.15) is 12.8 Å². The van der Waals surface area contributed by atoms with Gasteiger partial charge in [0, 0.05) is 11.5 Å². The molecule has 2 unspecified atom stereocenters. The van der Waals surface area contributed by atoms with Crippen LogP contribution in [-0.2, 0) is 23.4 Å². The molecule has 3 fully saturated rings. The number of phosphoric acid groups is 1. The molecule has 176 valence electrons. The highest BCUT2D eigenvalue weighted by Crippen LogP contribution is 2.48. The van der Waals surface area contributed by atoms with Gasteiger partial charge < -0.3 is 30.1 Å². The minimum Gasteiger partial charge on any atom is -0.378 e. The van der Waals surface area contributed by atoms with E-state index in [-0.39, 0.29) is 19.1 Å². The first-order chi connectivity index (χ1) is 13.9. The van der Waals surface area contributed by atoms with E-state index in [4.69, 9.17) is 19.7 Å². The van der Waals surface area contributed by atoms with Gasteiger partial charge in [-0.3, -0.25) is 14.6 Å². The van der Waals surface area contributed by atoms with E-state index < -0.39 is 43.1 Å². The Hall–Kier alpha value is -0.580. The first-order valence-electron chi connectivity index (χ1n) is 10.6. The van der Waals surface area contributed by atoms with Crippen LogP contribution in [0, 0.1) is 11.8 Å². The fourth-order valence-corrected chi connectivity index (χ4v) is 5.61. The van der Waals surface area contributed by atoms with Gasteiger partial charge in [-0.1, -0.05) is 6.92 Å². The molecule has 4 atom stereocenters. The van der Waals surface area contributed by atoms with Crippen molar-refractivity contribution in [1.82, 2.24) is 5.32 Å². The lowest BCUT2D eigenvalue weighted by Crippen LogP contribution is -2.55. The molecule has 2 saturated heterocycles. The van der Waals surface area contributed by atoms with Crippen LogP contribution in [0.2, 0.25) is 0 Å². The van der Waals surface area contributed by atoms with E-state index in [0.29, 0.717) is 13.0 Å². The standard InChI is InChI=1S/C19H37N2O8P/c1-4-18(3)12-19(28-10-9-27-11-15(20)22)7-5-14(6-8-19)16(17(23)21-18)13(2)29-30(24,25)26/h13-14,16-17,21,23H,4-12H2,1-3H3,(H2,20,22)(H2,24,25,26)/t13-,14?,16?,17-,18?,19?/m0/s1. The second kappa shape index (κ2) is 10.4. The van der Waals surface area contributed by atoms with Gasteiger partial charge in [0.15, 0.2) is 0 Å². The number of hydrogen-bond acceptors (Lipinski definition) is 7. The predicted octanol–water partition coefficient (Wildman–Crippen LogP) is 1.03. The van der Waals surface area contributed by atoms with E-state index in [1.54, 1.807) is 6.92 Å². The first-order valence-corrected chi connectivity index (χ1v) is 12.1. The molecule has 1 amide bonds. The van der Waals surface area contributed by atoms with Crippen molar-refractivity contribution in [3.05, 3.63) is 0 Å². The summed E-state index contributed by atoms with van der Waals surface area (Å²) in [6, 6.07) is 0. The van der Waals surface area contributed by atoms with Gasteiger partial charge in [-0.05, 0) is 58.3 Å². The monoisotopic (exact) mass is 452 g/mol. The number of fused-ring (bicyclic) bond motifs is 6. The van der Waals surface area contributed by atoms with Crippen LogP contribution in [0.5, 0.6) is 0 Å². The summed E-state index contributed by atoms with van der Waals surface area (Å²) >= 11 is 0. The van der Waals surface area contributed by atoms with Crippen LogP contribution in [0.15, 0.2) is 0 Å². The molecule has 0 spiro atoms. The lowest BCUT2D eigenvalue weighted by molar-refractivity contribution is -0.127. The van der Waals surface area contributed by atoms with Crippen molar-refractivity contribution >= 4 is 13.7 Å². The van der Waals surface area contributed by atoms with Crippen LogP contribution in [0.3, 0.4) is 0 Å². The molecule has 1 saturated carbocycles. The predicted molar refractivity (Wildman–Crippen MR) is 109 cm³/mol. The van der Waals surface area contributed by atoms with E-state index in [9.17, 15) is 24.3 Å². The number of hydrogen-bond donors (Lipinski definition) is 5. The Morgan fingerprint density at radius 2 is 1.93 bits per heavy atom. The van der Waals surface area contributed by atoms with E-state index in [1.807, 2.05) is 13.8 Å². The third-order valence-corrected chi connectivity index (χ3v) is 7.17. The molecule has 2 aliphatic heterocycles. The van der Waals surface area contributed by atoms with E-state index in [1.165, 1.54) is 0 Å². The molecule has 10 nitrogen and oxygen atoms in total. The zero-order valence-electron chi connectivity index (χ0n) is 18.1. The van der Waals surface area contributed by atoms with E-state index in [0.717, 1.165) is 32.1 Å². The lowest BCUT2D eigenvalue weighted by atomic mass is 9.70. The largest absolute Gasteiger partial charge is 0.469 e. The number of amides is 1. The minimum absolute atomic E-state index is 0.0380. The van der Waals surface area contributed by atoms with Crippen molar-refractivity contribution in [2.24, 2.45) is 17.6 Å². The maximum Gasteiger partial charge on any atom is 0.469 e. The van der Waals surface area contributed by atoms with Crippen LogP contribution >= 0.6 is 7.82 Å². The second-order valence-corrected chi connectivity index (χ2v) is 10.1. The molecular weight excluding hydrogens is 415 g/mol. The lowest BCUT2D eigenvalue weighted by Gasteiger charge is -2.44. The summed E-state index contributed by atoms with van der Waals surface area (Å²) in [6.45, 7) is 6.11. The third kappa shape index (κ3) is 7.24. The van der Waals surface area contributed by atoms with Gasteiger partial charge in [0.05, 0.1) is 24.9 Å². The zero-order valence-corrected chi connectivity index (χ0v) is 19.0. The summed E-state index contributed by atoms with van der Waals surface area (Å²) < 4.78 is 27.8. The molecule has 0 aromatic carbocycles. The van der Waals surface area contributed by atoms with Gasteiger partial charge in [0.25, 0.3) is 0 Å². The Morgan fingerprint density at radius 1 is 1.30 bits per heavy atom. The molecule has 1 aliphatic carbocycles. The normalized spacial score (nSPS) is 36.0. The summed E-state index contributed by atoms with van der Waals surface area (Å²) in [5.74, 6) is -0.944. The van der Waals surface area contributed by atoms with Crippen LogP contribution < -0.4 is 11.1 Å². The number of carbonyl (C=O) groups excluding carboxylic acids is 1. The van der Waals surface area contributed by atoms with Crippen LogP contribution in [0.4, 0.5) is 0 Å². The summed E-state index contributed by atoms with van der Waals surface area (Å²) in [6.07, 6.45) is 2.66. The van der Waals surface area contributed by atoms with Crippen LogP contribution in [0.25, 0.3) is 0 Å². The van der Waals surface area contributed by atoms with Crippen molar-refractivity contribution in [1.29, 1.82) is 0 Å². The number of carbonyl (C=O) groups is 1. The highest BCUT2D eigenvalue weighted by Gasteiger charge is 2.49. The van der Waals surface area contributed by atoms with Crippen molar-refractivity contribution in [2.45, 2.75) is 82.8 Å². The summed E-state index contributed by atoms with van der Waals surface area (Å²) in [5.41, 5.74) is 4.24. The van der Waals surface area contributed by atoms with E-state index >= 15 is 0 Å². The zero-order chi connectivity index (χ0) is 22.6. The highest BCUT2D eigenvalue weighted by molar-refractivity contribution is 7.46. The van der Waals surface area contributed by atoms with Crippen LogP contribution in [0.1, 0.15) is 59.3 Å². The topological polar surface area (TPSA) is 161 Å². The van der Waals surface area contributed by atoms with Gasteiger partial charge in [-0.15, -0.1) is 0 Å². The molecule has 11 heteroatoms. The average Bonchev–Trinajstić information content (AvgIpc) is 2.68. The van der Waals surface area contributed by atoms with Gasteiger partial charge in [-0.2, -0.15) is 0 Å². The molecule has 6 N–H and O–H groups in total. The number of ether oxygens (including phenoxy) is 2. The molecule has 3 aliphatic rings. The van der Waals surface area contributed by atoms with Crippen LogP contribution in [-0.4, -0.2) is 64.1 Å². The SMILES string of the molecule is CCC1(C)CC2(OCCOCC(N)=O)CCC(CC2)C([C@H](C)OP(=O)(O)O)[C@H](O)N1. The van der Waals surface area contributed by atoms with Gasteiger partial charge >= 0.3 is 7.82 Å². The molecule has 2 heterocycles. The maximum atomic E-state index is 11.4. The van der Waals surface area contributed by atoms with Crippen molar-refractivity contribution in [3.63, 3.8) is 0 Å². The van der Waals surface area contributed by atoms with Gasteiger partial charge in [0.2, 0.25) is 5.91 Å². The Kier molecular flexibility index (Phi) is 8.87. The number of primary amides is 1. The van der Waals surface area contributed by atoms with Crippen molar-refractivity contribution in [2.75, 3.05) is 19.8 Å². The number of aliphatic hydroxyl groups excluding tert-OH is 1. The van der Waals surface area contributed by atoms with Crippen molar-refractivity contribution in [3.8, 4) is 0 Å². The maximum absolute atomic E-state index is 11.4. The number of nitrogens with two attached hydrogens (primary N) is 1. The van der Waals surface area contributed by atoms with Crippen molar-refractivity contribution < 1.29 is 38.3 Å². The van der Waals surface area contributed by atoms with Gasteiger partial charge in [-0.25, -0.2) is 4.57 Å². The fraction of sp³-hybridized carbons (Fsp3) is 0.947. The molecule has 0 aromatic rings. The molecule has 2 bridgehead atoms. The highest BCUT2D eigenvalue weighted by atomic mass is 31.2. The Balaban J connectivity index is 2.16. The molecule has 30 heavy (non-hydrogen) atoms. The molecule has 0 aromatic heterocycles. The fourth-order valence-electron chi connectivity index (χ4n) is 5.04. The Labute approximate surface area is 178 Å². The summed E-state index contributed by atoms with van der Waals surface area (Å²) in [4.78, 5) is 29.3. The third-order valence-electron chi connectivity index (χ3n) is 6.57. The molecular formula is C19H37N2O8P. The molecule has 3 rings (SSSR count). The molecule has 0 radical (unpaired) electrons. The quantitative estimate of drug-likeness (QED) is 0.241. The Morgan fingerprint density at radius 3 is 2.47 bits per heavy atom. The minimum atomic E-state index is -4.67. The summed E-state index contributed by atoms with van der Waals surface area (Å²) in [7, 11) is -4.67. The number of phosphoric ester groups is 1.